The van der Waals surface area contributed by atoms with E-state index in [9.17, 15) is 5.11 Å². The van der Waals surface area contributed by atoms with Gasteiger partial charge in [0.1, 0.15) is 12.7 Å². The Kier molecular flexibility index (Phi) is 8.12. The molecule has 1 unspecified atom stereocenters. The second kappa shape index (κ2) is 9.60. The number of methoxy groups -OCH3 is 1. The van der Waals surface area contributed by atoms with E-state index in [1.807, 2.05) is 32.0 Å². The fourth-order valence-electron chi connectivity index (χ4n) is 1.75. The van der Waals surface area contributed by atoms with Crippen molar-refractivity contribution in [2.24, 2.45) is 0 Å². The van der Waals surface area contributed by atoms with E-state index in [0.717, 1.165) is 18.7 Å². The largest absolute Gasteiger partial charge is 0.493 e. The summed E-state index contributed by atoms with van der Waals surface area (Å²) in [6.45, 7) is 8.04. The summed E-state index contributed by atoms with van der Waals surface area (Å²) in [5.41, 5.74) is 1.11. The summed E-state index contributed by atoms with van der Waals surface area (Å²) in [6, 6.07) is 5.79. The standard InChI is InChI=1S/C16H27NO4/c1-5-17-9-13-6-7-15(19-4)16(8-13)21-11-14(18)10-20-12(2)3/h6-8,12,14,17-18H,5,9-11H2,1-4H3. The predicted molar refractivity (Wildman–Crippen MR) is 83.0 cm³/mol. The summed E-state index contributed by atoms with van der Waals surface area (Å²) in [6.07, 6.45) is -0.563. The van der Waals surface area contributed by atoms with Crippen molar-refractivity contribution in [1.29, 1.82) is 0 Å². The van der Waals surface area contributed by atoms with E-state index in [2.05, 4.69) is 12.2 Å². The van der Waals surface area contributed by atoms with E-state index >= 15 is 0 Å². The first kappa shape index (κ1) is 17.8. The van der Waals surface area contributed by atoms with Crippen LogP contribution in [0, 0.1) is 0 Å². The molecule has 21 heavy (non-hydrogen) atoms. The highest BCUT2D eigenvalue weighted by molar-refractivity contribution is 5.43. The maximum atomic E-state index is 9.83. The number of nitrogens with one attached hydrogen (secondary N) is 1. The molecule has 0 saturated heterocycles. The Labute approximate surface area is 127 Å². The van der Waals surface area contributed by atoms with Gasteiger partial charge in [0, 0.05) is 6.54 Å². The lowest BCUT2D eigenvalue weighted by Crippen LogP contribution is -2.25. The van der Waals surface area contributed by atoms with Crippen LogP contribution in [-0.4, -0.2) is 44.2 Å². The highest BCUT2D eigenvalue weighted by Gasteiger charge is 2.10. The molecule has 1 rings (SSSR count). The van der Waals surface area contributed by atoms with Gasteiger partial charge in [0.2, 0.25) is 0 Å². The number of benzene rings is 1. The van der Waals surface area contributed by atoms with Crippen LogP contribution in [0.5, 0.6) is 11.5 Å². The van der Waals surface area contributed by atoms with Crippen molar-refractivity contribution in [2.45, 2.75) is 39.5 Å². The molecule has 1 atom stereocenters. The third kappa shape index (κ3) is 6.80. The molecular weight excluding hydrogens is 270 g/mol. The average molecular weight is 297 g/mol. The van der Waals surface area contributed by atoms with Crippen molar-refractivity contribution in [1.82, 2.24) is 5.32 Å². The Hall–Kier alpha value is -1.30. The van der Waals surface area contributed by atoms with Gasteiger partial charge >= 0.3 is 0 Å². The van der Waals surface area contributed by atoms with Gasteiger partial charge in [0.15, 0.2) is 11.5 Å². The maximum Gasteiger partial charge on any atom is 0.161 e. The molecule has 1 aromatic rings. The second-order valence-electron chi connectivity index (χ2n) is 5.11. The monoisotopic (exact) mass is 297 g/mol. The zero-order chi connectivity index (χ0) is 15.7. The first-order valence-electron chi connectivity index (χ1n) is 7.36. The summed E-state index contributed by atoms with van der Waals surface area (Å²) < 4.78 is 16.3. The van der Waals surface area contributed by atoms with E-state index in [1.165, 1.54) is 0 Å². The van der Waals surface area contributed by atoms with Crippen molar-refractivity contribution >= 4 is 0 Å². The molecule has 1 aromatic carbocycles. The van der Waals surface area contributed by atoms with Crippen LogP contribution in [0.15, 0.2) is 18.2 Å². The SMILES string of the molecule is CCNCc1ccc(OC)c(OCC(O)COC(C)C)c1. The Morgan fingerprint density at radius 1 is 1.19 bits per heavy atom. The zero-order valence-corrected chi connectivity index (χ0v) is 13.4. The van der Waals surface area contributed by atoms with Crippen molar-refractivity contribution < 1.29 is 19.3 Å². The molecule has 0 radical (unpaired) electrons. The maximum absolute atomic E-state index is 9.83. The van der Waals surface area contributed by atoms with Gasteiger partial charge in [-0.3, -0.25) is 0 Å². The van der Waals surface area contributed by atoms with E-state index in [0.29, 0.717) is 11.5 Å². The lowest BCUT2D eigenvalue weighted by molar-refractivity contribution is -0.0126. The number of aliphatic hydroxyl groups excluding tert-OH is 1. The van der Waals surface area contributed by atoms with Crippen LogP contribution in [0.3, 0.4) is 0 Å². The van der Waals surface area contributed by atoms with Crippen molar-refractivity contribution in [3.63, 3.8) is 0 Å². The molecule has 0 spiro atoms. The second-order valence-corrected chi connectivity index (χ2v) is 5.11. The smallest absolute Gasteiger partial charge is 0.161 e. The number of aliphatic hydroxyl groups is 1. The van der Waals surface area contributed by atoms with E-state index in [1.54, 1.807) is 7.11 Å². The van der Waals surface area contributed by atoms with E-state index < -0.39 is 6.10 Å². The molecule has 0 aliphatic rings. The fraction of sp³-hybridized carbons (Fsp3) is 0.625. The Morgan fingerprint density at radius 2 is 1.95 bits per heavy atom. The van der Waals surface area contributed by atoms with Crippen LogP contribution < -0.4 is 14.8 Å². The molecule has 5 nitrogen and oxygen atoms in total. The topological polar surface area (TPSA) is 60.0 Å². The third-order valence-corrected chi connectivity index (χ3v) is 2.86. The molecule has 0 fully saturated rings. The summed E-state index contributed by atoms with van der Waals surface area (Å²) in [5, 5.41) is 13.1. The zero-order valence-electron chi connectivity index (χ0n) is 13.4. The molecule has 0 aliphatic carbocycles. The quantitative estimate of drug-likeness (QED) is 0.691. The van der Waals surface area contributed by atoms with Gasteiger partial charge in [-0.2, -0.15) is 0 Å². The molecule has 120 valence electrons. The average Bonchev–Trinajstić information content (AvgIpc) is 2.48. The third-order valence-electron chi connectivity index (χ3n) is 2.86. The summed E-state index contributed by atoms with van der Waals surface area (Å²) in [7, 11) is 1.60. The van der Waals surface area contributed by atoms with Gasteiger partial charge in [-0.15, -0.1) is 0 Å². The summed E-state index contributed by atoms with van der Waals surface area (Å²) in [5.74, 6) is 1.30. The fourth-order valence-corrected chi connectivity index (χ4v) is 1.75. The first-order valence-corrected chi connectivity index (χ1v) is 7.36. The molecule has 0 aliphatic heterocycles. The van der Waals surface area contributed by atoms with Gasteiger partial charge in [-0.05, 0) is 38.1 Å². The molecule has 0 heterocycles. The minimum absolute atomic E-state index is 0.0950. The molecular formula is C16H27NO4. The van der Waals surface area contributed by atoms with Crippen LogP contribution in [0.2, 0.25) is 0 Å². The van der Waals surface area contributed by atoms with Crippen molar-refractivity contribution in [2.75, 3.05) is 26.9 Å². The van der Waals surface area contributed by atoms with Crippen molar-refractivity contribution in [3.8, 4) is 11.5 Å². The highest BCUT2D eigenvalue weighted by atomic mass is 16.5. The highest BCUT2D eigenvalue weighted by Crippen LogP contribution is 2.28. The summed E-state index contributed by atoms with van der Waals surface area (Å²) >= 11 is 0. The molecule has 2 N–H and O–H groups in total. The van der Waals surface area contributed by atoms with Crippen LogP contribution in [0.25, 0.3) is 0 Å². The molecule has 0 saturated carbocycles. The van der Waals surface area contributed by atoms with Crippen LogP contribution in [0.1, 0.15) is 26.3 Å². The summed E-state index contributed by atoms with van der Waals surface area (Å²) in [4.78, 5) is 0. The molecule has 0 aromatic heterocycles. The Morgan fingerprint density at radius 3 is 2.57 bits per heavy atom. The normalized spacial score (nSPS) is 12.5. The van der Waals surface area contributed by atoms with E-state index in [4.69, 9.17) is 14.2 Å². The van der Waals surface area contributed by atoms with Crippen LogP contribution in [0.4, 0.5) is 0 Å². The minimum atomic E-state index is -0.658. The van der Waals surface area contributed by atoms with Crippen LogP contribution >= 0.6 is 0 Å². The number of ether oxygens (including phenoxy) is 3. The lowest BCUT2D eigenvalue weighted by atomic mass is 10.2. The van der Waals surface area contributed by atoms with Gasteiger partial charge < -0.3 is 24.6 Å². The van der Waals surface area contributed by atoms with Crippen LogP contribution in [-0.2, 0) is 11.3 Å². The number of hydrogen-bond acceptors (Lipinski definition) is 5. The molecule has 5 heteroatoms. The Bertz CT molecular complexity index is 409. The van der Waals surface area contributed by atoms with Gasteiger partial charge in [-0.1, -0.05) is 13.0 Å². The molecule has 0 amide bonds. The predicted octanol–water partition coefficient (Wildman–Crippen LogP) is 1.97. The lowest BCUT2D eigenvalue weighted by Gasteiger charge is -2.16. The Balaban J connectivity index is 2.58. The number of rotatable bonds is 10. The van der Waals surface area contributed by atoms with Crippen molar-refractivity contribution in [3.05, 3.63) is 23.8 Å². The minimum Gasteiger partial charge on any atom is -0.493 e. The molecule has 0 bridgehead atoms. The van der Waals surface area contributed by atoms with Gasteiger partial charge in [0.25, 0.3) is 0 Å². The van der Waals surface area contributed by atoms with Gasteiger partial charge in [0.05, 0.1) is 19.8 Å². The van der Waals surface area contributed by atoms with E-state index in [-0.39, 0.29) is 19.3 Å². The first-order chi connectivity index (χ1) is 10.1. The van der Waals surface area contributed by atoms with Gasteiger partial charge in [-0.25, -0.2) is 0 Å². The number of hydrogen-bond donors (Lipinski definition) is 2.